The highest BCUT2D eigenvalue weighted by Crippen LogP contribution is 2.18. The van der Waals surface area contributed by atoms with Gasteiger partial charge in [-0.3, -0.25) is 4.79 Å². The molecule has 1 amide bonds. The number of benzene rings is 1. The number of methoxy groups -OCH3 is 1. The molecule has 0 fully saturated rings. The van der Waals surface area contributed by atoms with E-state index in [9.17, 15) is 9.18 Å². The molecule has 1 N–H and O–H groups in total. The van der Waals surface area contributed by atoms with Gasteiger partial charge in [-0.05, 0) is 18.2 Å². The molecule has 0 saturated carbocycles. The van der Waals surface area contributed by atoms with E-state index in [4.69, 9.17) is 11.6 Å². The molecule has 0 aromatic heterocycles. The van der Waals surface area contributed by atoms with Crippen molar-refractivity contribution in [3.05, 3.63) is 29.0 Å². The number of nitrogens with one attached hydrogen (secondary N) is 1. The number of halogens is 2. The van der Waals surface area contributed by atoms with Crippen molar-refractivity contribution in [3.63, 3.8) is 0 Å². The monoisotopic (exact) mass is 217 g/mol. The molecule has 0 saturated heterocycles. The van der Waals surface area contributed by atoms with Crippen LogP contribution < -0.4 is 5.32 Å². The first-order valence-corrected chi connectivity index (χ1v) is 4.25. The molecule has 0 spiro atoms. The summed E-state index contributed by atoms with van der Waals surface area (Å²) in [4.78, 5) is 11.0. The fraction of sp³-hybridized carbons (Fsp3) is 0.222. The van der Waals surface area contributed by atoms with Gasteiger partial charge in [-0.1, -0.05) is 11.6 Å². The van der Waals surface area contributed by atoms with Crippen LogP contribution in [0, 0.1) is 5.82 Å². The van der Waals surface area contributed by atoms with Crippen molar-refractivity contribution in [3.8, 4) is 0 Å². The fourth-order valence-electron chi connectivity index (χ4n) is 0.908. The summed E-state index contributed by atoms with van der Waals surface area (Å²) in [5.41, 5.74) is 0.0939. The molecule has 0 aliphatic heterocycles. The van der Waals surface area contributed by atoms with E-state index < -0.39 is 11.7 Å². The van der Waals surface area contributed by atoms with Crippen LogP contribution in [0.4, 0.5) is 10.1 Å². The standard InChI is InChI=1S/C9H9ClFNO2/c1-14-5-9(13)12-8-3-2-6(10)4-7(8)11/h2-4H,5H2,1H3,(H,12,13). The van der Waals surface area contributed by atoms with Gasteiger partial charge in [0.15, 0.2) is 0 Å². The van der Waals surface area contributed by atoms with Crippen LogP contribution in [0.2, 0.25) is 5.02 Å². The lowest BCUT2D eigenvalue weighted by Crippen LogP contribution is -2.17. The normalized spacial score (nSPS) is 9.93. The number of carbonyl (C=O) groups excluding carboxylic acids is 1. The Labute approximate surface area is 85.8 Å². The first-order chi connectivity index (χ1) is 6.63. The maximum atomic E-state index is 13.1. The average Bonchev–Trinajstić information content (AvgIpc) is 2.10. The smallest absolute Gasteiger partial charge is 0.250 e. The highest BCUT2D eigenvalue weighted by molar-refractivity contribution is 6.30. The summed E-state index contributed by atoms with van der Waals surface area (Å²) in [6, 6.07) is 4.02. The Balaban J connectivity index is 2.72. The Hall–Kier alpha value is -1.13. The number of anilines is 1. The molecule has 0 atom stereocenters. The summed E-state index contributed by atoms with van der Waals surface area (Å²) >= 11 is 5.54. The maximum Gasteiger partial charge on any atom is 0.250 e. The van der Waals surface area contributed by atoms with E-state index in [-0.39, 0.29) is 17.3 Å². The third-order valence-electron chi connectivity index (χ3n) is 1.48. The van der Waals surface area contributed by atoms with Gasteiger partial charge in [-0.15, -0.1) is 0 Å². The maximum absolute atomic E-state index is 13.1. The van der Waals surface area contributed by atoms with Gasteiger partial charge < -0.3 is 10.1 Å². The topological polar surface area (TPSA) is 38.3 Å². The Morgan fingerprint density at radius 1 is 1.64 bits per heavy atom. The molecule has 0 bridgehead atoms. The SMILES string of the molecule is COCC(=O)Nc1ccc(Cl)cc1F. The Kier molecular flexibility index (Phi) is 3.85. The van der Waals surface area contributed by atoms with Crippen LogP contribution in [0.5, 0.6) is 0 Å². The number of rotatable bonds is 3. The Bertz CT molecular complexity index is 344. The van der Waals surface area contributed by atoms with Crippen LogP contribution >= 0.6 is 11.6 Å². The second-order valence-electron chi connectivity index (χ2n) is 2.61. The van der Waals surface area contributed by atoms with E-state index in [0.717, 1.165) is 6.07 Å². The van der Waals surface area contributed by atoms with Gasteiger partial charge in [0.25, 0.3) is 0 Å². The lowest BCUT2D eigenvalue weighted by Gasteiger charge is -2.05. The summed E-state index contributed by atoms with van der Waals surface area (Å²) in [5, 5.41) is 2.63. The zero-order chi connectivity index (χ0) is 10.6. The van der Waals surface area contributed by atoms with Gasteiger partial charge in [0, 0.05) is 12.1 Å². The Morgan fingerprint density at radius 2 is 2.36 bits per heavy atom. The van der Waals surface area contributed by atoms with E-state index in [1.54, 1.807) is 0 Å². The van der Waals surface area contributed by atoms with Crippen molar-refractivity contribution in [2.45, 2.75) is 0 Å². The van der Waals surface area contributed by atoms with Crippen LogP contribution in [0.1, 0.15) is 0 Å². The lowest BCUT2D eigenvalue weighted by molar-refractivity contribution is -0.119. The number of carbonyl (C=O) groups is 1. The van der Waals surface area contributed by atoms with E-state index in [1.165, 1.54) is 19.2 Å². The quantitative estimate of drug-likeness (QED) is 0.842. The van der Waals surface area contributed by atoms with Gasteiger partial charge in [-0.25, -0.2) is 4.39 Å². The lowest BCUT2D eigenvalue weighted by atomic mass is 10.3. The van der Waals surface area contributed by atoms with E-state index in [1.807, 2.05) is 0 Å². The molecule has 1 rings (SSSR count). The molecule has 1 aromatic rings. The van der Waals surface area contributed by atoms with Gasteiger partial charge in [0.2, 0.25) is 5.91 Å². The van der Waals surface area contributed by atoms with Crippen molar-refractivity contribution >= 4 is 23.2 Å². The van der Waals surface area contributed by atoms with Gasteiger partial charge in [0.05, 0.1) is 5.69 Å². The molecule has 0 aliphatic rings. The van der Waals surface area contributed by atoms with Gasteiger partial charge in [0.1, 0.15) is 12.4 Å². The average molecular weight is 218 g/mol. The molecule has 76 valence electrons. The second-order valence-corrected chi connectivity index (χ2v) is 3.04. The number of ether oxygens (including phenoxy) is 1. The van der Waals surface area contributed by atoms with Crippen LogP contribution in [0.25, 0.3) is 0 Å². The van der Waals surface area contributed by atoms with Crippen molar-refractivity contribution < 1.29 is 13.9 Å². The summed E-state index contributed by atoms with van der Waals surface area (Å²) in [5.74, 6) is -0.976. The number of amides is 1. The minimum Gasteiger partial charge on any atom is -0.375 e. The van der Waals surface area contributed by atoms with Crippen LogP contribution in [-0.2, 0) is 9.53 Å². The highest BCUT2D eigenvalue weighted by atomic mass is 35.5. The zero-order valence-electron chi connectivity index (χ0n) is 7.51. The summed E-state index contributed by atoms with van der Waals surface area (Å²) in [6.07, 6.45) is 0. The first-order valence-electron chi connectivity index (χ1n) is 3.87. The predicted molar refractivity (Wildman–Crippen MR) is 51.9 cm³/mol. The van der Waals surface area contributed by atoms with Gasteiger partial charge in [-0.2, -0.15) is 0 Å². The molecular formula is C9H9ClFNO2. The molecule has 14 heavy (non-hydrogen) atoms. The minimum absolute atomic E-state index is 0.0939. The first kappa shape index (κ1) is 10.9. The van der Waals surface area contributed by atoms with Crippen molar-refractivity contribution in [1.29, 1.82) is 0 Å². The van der Waals surface area contributed by atoms with Gasteiger partial charge >= 0.3 is 0 Å². The van der Waals surface area contributed by atoms with Crippen molar-refractivity contribution in [2.24, 2.45) is 0 Å². The minimum atomic E-state index is -0.568. The molecule has 5 heteroatoms. The number of hydrogen-bond acceptors (Lipinski definition) is 2. The fourth-order valence-corrected chi connectivity index (χ4v) is 1.07. The summed E-state index contributed by atoms with van der Waals surface area (Å²) in [6.45, 7) is -0.109. The van der Waals surface area contributed by atoms with Crippen LogP contribution in [0.15, 0.2) is 18.2 Å². The van der Waals surface area contributed by atoms with E-state index in [2.05, 4.69) is 10.1 Å². The number of hydrogen-bond donors (Lipinski definition) is 1. The molecule has 0 heterocycles. The van der Waals surface area contributed by atoms with Crippen LogP contribution in [0.3, 0.4) is 0 Å². The molecule has 0 aliphatic carbocycles. The molecule has 0 radical (unpaired) electrons. The molecular weight excluding hydrogens is 209 g/mol. The summed E-state index contributed by atoms with van der Waals surface area (Å²) in [7, 11) is 1.39. The summed E-state index contributed by atoms with van der Waals surface area (Å²) < 4.78 is 17.7. The van der Waals surface area contributed by atoms with E-state index >= 15 is 0 Å². The van der Waals surface area contributed by atoms with E-state index in [0.29, 0.717) is 0 Å². The third kappa shape index (κ3) is 2.97. The predicted octanol–water partition coefficient (Wildman–Crippen LogP) is 2.06. The largest absolute Gasteiger partial charge is 0.375 e. The zero-order valence-corrected chi connectivity index (χ0v) is 8.27. The molecule has 1 aromatic carbocycles. The highest BCUT2D eigenvalue weighted by Gasteiger charge is 2.06. The van der Waals surface area contributed by atoms with Crippen molar-refractivity contribution in [1.82, 2.24) is 0 Å². The van der Waals surface area contributed by atoms with Crippen molar-refractivity contribution in [2.75, 3.05) is 19.0 Å². The Morgan fingerprint density at radius 3 is 2.93 bits per heavy atom. The second kappa shape index (κ2) is 4.93. The third-order valence-corrected chi connectivity index (χ3v) is 1.72. The van der Waals surface area contributed by atoms with Crippen LogP contribution in [-0.4, -0.2) is 19.6 Å². The molecule has 0 unspecified atom stereocenters. The molecule has 3 nitrogen and oxygen atoms in total.